The highest BCUT2D eigenvalue weighted by molar-refractivity contribution is 6.28. The van der Waals surface area contributed by atoms with E-state index in [1.807, 2.05) is 6.92 Å². The molecule has 0 radical (unpaired) electrons. The fraction of sp³-hybridized carbons (Fsp3) is 0.500. The van der Waals surface area contributed by atoms with Crippen LogP contribution >= 0.6 is 11.6 Å². The standard InChI is InChI=1S/C10H14ClN5/c1-4-6-12-9-14-8(11)15-10(16-9)13-7(3)5-2/h2,7H,4,6H2,1,3H3,(H2,12,13,14,15,16). The number of hydrogen-bond donors (Lipinski definition) is 2. The summed E-state index contributed by atoms with van der Waals surface area (Å²) >= 11 is 5.76. The number of rotatable bonds is 5. The van der Waals surface area contributed by atoms with Crippen LogP contribution in [0.2, 0.25) is 5.28 Å². The monoisotopic (exact) mass is 239 g/mol. The second-order valence-corrected chi connectivity index (χ2v) is 3.55. The number of nitrogens with zero attached hydrogens (tertiary/aromatic N) is 3. The molecule has 1 aromatic rings. The Morgan fingerprint density at radius 1 is 1.38 bits per heavy atom. The molecule has 0 aliphatic rings. The summed E-state index contributed by atoms with van der Waals surface area (Å²) in [5.41, 5.74) is 0. The first-order chi connectivity index (χ1) is 7.65. The van der Waals surface area contributed by atoms with Crippen LogP contribution in [0.1, 0.15) is 20.3 Å². The molecule has 1 unspecified atom stereocenters. The topological polar surface area (TPSA) is 62.7 Å². The van der Waals surface area contributed by atoms with Crippen molar-refractivity contribution in [2.24, 2.45) is 0 Å². The maximum absolute atomic E-state index is 5.76. The van der Waals surface area contributed by atoms with Gasteiger partial charge in [-0.25, -0.2) is 0 Å². The van der Waals surface area contributed by atoms with E-state index < -0.39 is 0 Å². The van der Waals surface area contributed by atoms with Crippen LogP contribution in [0.4, 0.5) is 11.9 Å². The first-order valence-electron chi connectivity index (χ1n) is 5.03. The molecule has 1 rings (SSSR count). The lowest BCUT2D eigenvalue weighted by Crippen LogP contribution is -2.16. The Balaban J connectivity index is 2.77. The molecule has 0 saturated carbocycles. The van der Waals surface area contributed by atoms with Gasteiger partial charge in [0.1, 0.15) is 0 Å². The van der Waals surface area contributed by atoms with Gasteiger partial charge in [-0.2, -0.15) is 15.0 Å². The molecule has 1 heterocycles. The van der Waals surface area contributed by atoms with E-state index in [2.05, 4.69) is 38.4 Å². The molecule has 2 N–H and O–H groups in total. The SMILES string of the molecule is C#CC(C)Nc1nc(Cl)nc(NCCC)n1. The van der Waals surface area contributed by atoms with Crippen LogP contribution in [0, 0.1) is 12.3 Å². The van der Waals surface area contributed by atoms with Crippen LogP contribution in [0.3, 0.4) is 0 Å². The number of aromatic nitrogens is 3. The summed E-state index contributed by atoms with van der Waals surface area (Å²) in [6.07, 6.45) is 6.22. The van der Waals surface area contributed by atoms with E-state index in [0.29, 0.717) is 11.9 Å². The van der Waals surface area contributed by atoms with Gasteiger partial charge in [0.15, 0.2) is 0 Å². The van der Waals surface area contributed by atoms with E-state index in [0.717, 1.165) is 13.0 Å². The Labute approximate surface area is 100 Å². The molecule has 5 nitrogen and oxygen atoms in total. The average molecular weight is 240 g/mol. The number of nitrogens with one attached hydrogen (secondary N) is 2. The van der Waals surface area contributed by atoms with Gasteiger partial charge in [-0.15, -0.1) is 6.42 Å². The Bertz CT molecular complexity index is 387. The molecular formula is C10H14ClN5. The van der Waals surface area contributed by atoms with E-state index in [-0.39, 0.29) is 11.3 Å². The van der Waals surface area contributed by atoms with Crippen LogP contribution in [-0.2, 0) is 0 Å². The van der Waals surface area contributed by atoms with Crippen molar-refractivity contribution >= 4 is 23.5 Å². The first-order valence-corrected chi connectivity index (χ1v) is 5.41. The summed E-state index contributed by atoms with van der Waals surface area (Å²) in [4.78, 5) is 12.0. The summed E-state index contributed by atoms with van der Waals surface area (Å²) in [5.74, 6) is 3.35. The van der Waals surface area contributed by atoms with Crippen LogP contribution in [-0.4, -0.2) is 27.5 Å². The van der Waals surface area contributed by atoms with Crippen LogP contribution in [0.15, 0.2) is 0 Å². The lowest BCUT2D eigenvalue weighted by Gasteiger charge is -2.09. The van der Waals surface area contributed by atoms with Crippen molar-refractivity contribution in [1.29, 1.82) is 0 Å². The Kier molecular flexibility index (Phi) is 4.80. The quantitative estimate of drug-likeness (QED) is 0.767. The highest BCUT2D eigenvalue weighted by Gasteiger charge is 2.05. The van der Waals surface area contributed by atoms with Crippen LogP contribution in [0.5, 0.6) is 0 Å². The van der Waals surface area contributed by atoms with Gasteiger partial charge in [0.2, 0.25) is 17.2 Å². The normalized spacial score (nSPS) is 11.6. The fourth-order valence-corrected chi connectivity index (χ4v) is 1.13. The van der Waals surface area contributed by atoms with Gasteiger partial charge in [0.25, 0.3) is 0 Å². The molecule has 0 bridgehead atoms. The predicted octanol–water partition coefficient (Wildman–Crippen LogP) is 1.78. The zero-order chi connectivity index (χ0) is 12.0. The molecule has 0 amide bonds. The van der Waals surface area contributed by atoms with E-state index in [1.54, 1.807) is 0 Å². The van der Waals surface area contributed by atoms with Crippen molar-refractivity contribution in [3.05, 3.63) is 5.28 Å². The number of anilines is 2. The molecular weight excluding hydrogens is 226 g/mol. The summed E-state index contributed by atoms with van der Waals surface area (Å²) in [7, 11) is 0. The first kappa shape index (κ1) is 12.5. The maximum atomic E-state index is 5.76. The zero-order valence-electron chi connectivity index (χ0n) is 9.29. The Morgan fingerprint density at radius 2 is 2.06 bits per heavy atom. The van der Waals surface area contributed by atoms with Gasteiger partial charge in [0.05, 0.1) is 6.04 Å². The molecule has 0 aromatic carbocycles. The van der Waals surface area contributed by atoms with Crippen LogP contribution in [0.25, 0.3) is 0 Å². The maximum Gasteiger partial charge on any atom is 0.229 e. The van der Waals surface area contributed by atoms with E-state index in [1.165, 1.54) is 0 Å². The number of hydrogen-bond acceptors (Lipinski definition) is 5. The molecule has 0 aliphatic carbocycles. The van der Waals surface area contributed by atoms with Crippen molar-refractivity contribution in [3.63, 3.8) is 0 Å². The second-order valence-electron chi connectivity index (χ2n) is 3.21. The molecule has 6 heteroatoms. The van der Waals surface area contributed by atoms with Crippen LogP contribution < -0.4 is 10.6 Å². The molecule has 0 fully saturated rings. The molecule has 0 saturated heterocycles. The highest BCUT2D eigenvalue weighted by Crippen LogP contribution is 2.10. The van der Waals surface area contributed by atoms with Crippen molar-refractivity contribution in [3.8, 4) is 12.3 Å². The predicted molar refractivity (Wildman–Crippen MR) is 65.5 cm³/mol. The molecule has 0 aliphatic heterocycles. The molecule has 86 valence electrons. The average Bonchev–Trinajstić information content (AvgIpc) is 2.25. The summed E-state index contributed by atoms with van der Waals surface area (Å²) in [6, 6.07) is -0.155. The highest BCUT2D eigenvalue weighted by atomic mass is 35.5. The molecule has 16 heavy (non-hydrogen) atoms. The largest absolute Gasteiger partial charge is 0.354 e. The van der Waals surface area contributed by atoms with Crippen molar-refractivity contribution in [1.82, 2.24) is 15.0 Å². The minimum Gasteiger partial charge on any atom is -0.354 e. The third-order valence-corrected chi connectivity index (χ3v) is 1.91. The Hall–Kier alpha value is -1.54. The van der Waals surface area contributed by atoms with Crippen molar-refractivity contribution < 1.29 is 0 Å². The lowest BCUT2D eigenvalue weighted by molar-refractivity contribution is 0.921. The number of halogens is 1. The zero-order valence-corrected chi connectivity index (χ0v) is 10.0. The minimum atomic E-state index is -0.155. The van der Waals surface area contributed by atoms with Gasteiger partial charge < -0.3 is 10.6 Å². The third-order valence-electron chi connectivity index (χ3n) is 1.74. The lowest BCUT2D eigenvalue weighted by atomic mass is 10.4. The van der Waals surface area contributed by atoms with Gasteiger partial charge in [-0.05, 0) is 24.9 Å². The van der Waals surface area contributed by atoms with E-state index in [9.17, 15) is 0 Å². The molecule has 1 aromatic heterocycles. The van der Waals surface area contributed by atoms with Gasteiger partial charge >= 0.3 is 0 Å². The summed E-state index contributed by atoms with van der Waals surface area (Å²) in [5, 5.41) is 6.09. The second kappa shape index (κ2) is 6.13. The van der Waals surface area contributed by atoms with Gasteiger partial charge in [-0.3, -0.25) is 0 Å². The number of terminal acetylenes is 1. The smallest absolute Gasteiger partial charge is 0.229 e. The Morgan fingerprint density at radius 3 is 2.69 bits per heavy atom. The summed E-state index contributed by atoms with van der Waals surface area (Å²) < 4.78 is 0. The van der Waals surface area contributed by atoms with Crippen molar-refractivity contribution in [2.45, 2.75) is 26.3 Å². The third kappa shape index (κ3) is 3.91. The van der Waals surface area contributed by atoms with Crippen molar-refractivity contribution in [2.75, 3.05) is 17.2 Å². The van der Waals surface area contributed by atoms with E-state index >= 15 is 0 Å². The molecule has 1 atom stereocenters. The fourth-order valence-electron chi connectivity index (χ4n) is 0.966. The van der Waals surface area contributed by atoms with Gasteiger partial charge in [0, 0.05) is 6.54 Å². The summed E-state index contributed by atoms with van der Waals surface area (Å²) in [6.45, 7) is 4.66. The van der Waals surface area contributed by atoms with Gasteiger partial charge in [-0.1, -0.05) is 12.8 Å². The minimum absolute atomic E-state index is 0.139. The molecule has 0 spiro atoms. The van der Waals surface area contributed by atoms with E-state index in [4.69, 9.17) is 18.0 Å².